The van der Waals surface area contributed by atoms with Crippen LogP contribution in [0.4, 0.5) is 11.4 Å². The molecule has 2 aromatic carbocycles. The maximum atomic E-state index is 13.2. The van der Waals surface area contributed by atoms with Crippen LogP contribution in [0.2, 0.25) is 0 Å². The van der Waals surface area contributed by atoms with Crippen LogP contribution in [0.5, 0.6) is 0 Å². The third-order valence-corrected chi connectivity index (χ3v) is 5.64. The first-order valence-electron chi connectivity index (χ1n) is 11.9. The van der Waals surface area contributed by atoms with E-state index in [1.54, 1.807) is 6.07 Å². The summed E-state index contributed by atoms with van der Waals surface area (Å²) in [5.74, 6) is -0.183. The van der Waals surface area contributed by atoms with E-state index in [0.717, 1.165) is 31.6 Å². The summed E-state index contributed by atoms with van der Waals surface area (Å²) in [7, 11) is 0. The number of hydrogen-bond acceptors (Lipinski definition) is 4. The van der Waals surface area contributed by atoms with Crippen LogP contribution >= 0.6 is 0 Å². The molecule has 1 heterocycles. The second kappa shape index (κ2) is 11.3. The average Bonchev–Trinajstić information content (AvgIpc) is 2.77. The molecule has 0 aromatic heterocycles. The standard InChI is InChI=1S/C27H37N3O3/c1-5-33-16-8-14-28-26(32)23-17-22(29-25(31)18-27(2,3)4)11-12-24(23)30-15-13-20-9-6-7-10-21(20)19-30/h6-7,9-12,17H,5,8,13-16,18-19H2,1-4H3,(H,28,32)(H,29,31). The summed E-state index contributed by atoms with van der Waals surface area (Å²) in [6.07, 6.45) is 2.11. The predicted octanol–water partition coefficient (Wildman–Crippen LogP) is 4.78. The van der Waals surface area contributed by atoms with Gasteiger partial charge in [0.1, 0.15) is 0 Å². The highest BCUT2D eigenvalue weighted by molar-refractivity contribution is 6.02. The van der Waals surface area contributed by atoms with E-state index in [1.807, 2.05) is 39.8 Å². The zero-order valence-electron chi connectivity index (χ0n) is 20.4. The Hall–Kier alpha value is -2.86. The SMILES string of the molecule is CCOCCCNC(=O)c1cc(NC(=O)CC(C)(C)C)ccc1N1CCc2ccccc2C1. The molecule has 6 nitrogen and oxygen atoms in total. The summed E-state index contributed by atoms with van der Waals surface area (Å²) in [5.41, 5.74) is 4.66. The van der Waals surface area contributed by atoms with Crippen molar-refractivity contribution in [3.8, 4) is 0 Å². The highest BCUT2D eigenvalue weighted by Crippen LogP contribution is 2.30. The monoisotopic (exact) mass is 451 g/mol. The Bertz CT molecular complexity index is 965. The summed E-state index contributed by atoms with van der Waals surface area (Å²) in [5, 5.41) is 5.98. The molecule has 178 valence electrons. The zero-order valence-corrected chi connectivity index (χ0v) is 20.4. The van der Waals surface area contributed by atoms with Gasteiger partial charge in [-0.15, -0.1) is 0 Å². The minimum Gasteiger partial charge on any atom is -0.382 e. The van der Waals surface area contributed by atoms with Crippen molar-refractivity contribution >= 4 is 23.2 Å². The normalized spacial score (nSPS) is 13.4. The van der Waals surface area contributed by atoms with Crippen molar-refractivity contribution in [1.82, 2.24) is 5.32 Å². The van der Waals surface area contributed by atoms with Crippen molar-refractivity contribution < 1.29 is 14.3 Å². The number of anilines is 2. The molecule has 1 aliphatic heterocycles. The lowest BCUT2D eigenvalue weighted by molar-refractivity contribution is -0.117. The molecule has 0 fully saturated rings. The number of nitrogens with zero attached hydrogens (tertiary/aromatic N) is 1. The largest absolute Gasteiger partial charge is 0.382 e. The van der Waals surface area contributed by atoms with Crippen LogP contribution in [0.1, 0.15) is 62.0 Å². The lowest BCUT2D eigenvalue weighted by Crippen LogP contribution is -2.33. The fraction of sp³-hybridized carbons (Fsp3) is 0.481. The molecule has 0 unspecified atom stereocenters. The van der Waals surface area contributed by atoms with E-state index in [1.165, 1.54) is 11.1 Å². The number of carbonyl (C=O) groups is 2. The smallest absolute Gasteiger partial charge is 0.253 e. The second-order valence-corrected chi connectivity index (χ2v) is 9.76. The highest BCUT2D eigenvalue weighted by Gasteiger charge is 2.22. The minimum atomic E-state index is -0.132. The van der Waals surface area contributed by atoms with Crippen molar-refractivity contribution in [3.05, 3.63) is 59.2 Å². The zero-order chi connectivity index (χ0) is 23.8. The first kappa shape index (κ1) is 24.8. The van der Waals surface area contributed by atoms with Crippen molar-refractivity contribution in [1.29, 1.82) is 0 Å². The number of amides is 2. The maximum absolute atomic E-state index is 13.2. The Labute approximate surface area is 197 Å². The molecule has 0 saturated carbocycles. The van der Waals surface area contributed by atoms with E-state index in [-0.39, 0.29) is 17.2 Å². The van der Waals surface area contributed by atoms with Crippen LogP contribution in [0.15, 0.2) is 42.5 Å². The summed E-state index contributed by atoms with van der Waals surface area (Å²) in [6, 6.07) is 14.1. The van der Waals surface area contributed by atoms with Gasteiger partial charge in [-0.25, -0.2) is 0 Å². The van der Waals surface area contributed by atoms with Crippen LogP contribution in [-0.2, 0) is 22.5 Å². The fourth-order valence-electron chi connectivity index (χ4n) is 4.08. The van der Waals surface area contributed by atoms with E-state index in [2.05, 4.69) is 39.8 Å². The molecule has 0 radical (unpaired) electrons. The topological polar surface area (TPSA) is 70.7 Å². The summed E-state index contributed by atoms with van der Waals surface area (Å²) < 4.78 is 5.37. The molecule has 0 spiro atoms. The first-order chi connectivity index (χ1) is 15.8. The molecule has 0 atom stereocenters. The molecule has 2 N–H and O–H groups in total. The fourth-order valence-corrected chi connectivity index (χ4v) is 4.08. The van der Waals surface area contributed by atoms with Crippen LogP contribution in [-0.4, -0.2) is 38.1 Å². The van der Waals surface area contributed by atoms with Crippen molar-refractivity contribution in [3.63, 3.8) is 0 Å². The Morgan fingerprint density at radius 1 is 1.09 bits per heavy atom. The number of carbonyl (C=O) groups excluding carboxylic acids is 2. The Kier molecular flexibility index (Phi) is 8.50. The molecule has 33 heavy (non-hydrogen) atoms. The predicted molar refractivity (Wildman–Crippen MR) is 134 cm³/mol. The molecule has 2 amide bonds. The van der Waals surface area contributed by atoms with E-state index in [4.69, 9.17) is 4.74 Å². The maximum Gasteiger partial charge on any atom is 0.253 e. The molecule has 0 saturated heterocycles. The summed E-state index contributed by atoms with van der Waals surface area (Å²) in [6.45, 7) is 11.5. The number of rotatable bonds is 9. The number of hydrogen-bond donors (Lipinski definition) is 2. The molecule has 0 aliphatic carbocycles. The van der Waals surface area contributed by atoms with Gasteiger partial charge in [-0.3, -0.25) is 9.59 Å². The van der Waals surface area contributed by atoms with Crippen molar-refractivity contribution in [2.24, 2.45) is 5.41 Å². The molecule has 0 bridgehead atoms. The van der Waals surface area contributed by atoms with E-state index in [0.29, 0.717) is 37.4 Å². The van der Waals surface area contributed by atoms with Crippen molar-refractivity contribution in [2.75, 3.05) is 36.5 Å². The van der Waals surface area contributed by atoms with Gasteiger partial charge in [-0.1, -0.05) is 45.0 Å². The van der Waals surface area contributed by atoms with Gasteiger partial charge in [0.15, 0.2) is 0 Å². The van der Waals surface area contributed by atoms with Gasteiger partial charge in [0.2, 0.25) is 5.91 Å². The Balaban J connectivity index is 1.80. The summed E-state index contributed by atoms with van der Waals surface area (Å²) in [4.78, 5) is 27.9. The molecule has 2 aromatic rings. The molecular weight excluding hydrogens is 414 g/mol. The summed E-state index contributed by atoms with van der Waals surface area (Å²) >= 11 is 0. The van der Waals surface area contributed by atoms with Crippen LogP contribution in [0, 0.1) is 5.41 Å². The lowest BCUT2D eigenvalue weighted by atomic mass is 9.92. The van der Waals surface area contributed by atoms with E-state index in [9.17, 15) is 9.59 Å². The lowest BCUT2D eigenvalue weighted by Gasteiger charge is -2.32. The van der Waals surface area contributed by atoms with Gasteiger partial charge in [-0.2, -0.15) is 0 Å². The number of ether oxygens (including phenoxy) is 1. The number of benzene rings is 2. The minimum absolute atomic E-state index is 0.0507. The van der Waals surface area contributed by atoms with Crippen LogP contribution < -0.4 is 15.5 Å². The van der Waals surface area contributed by atoms with Gasteiger partial charge < -0.3 is 20.3 Å². The van der Waals surface area contributed by atoms with Gasteiger partial charge in [0, 0.05) is 50.6 Å². The van der Waals surface area contributed by atoms with Crippen LogP contribution in [0.3, 0.4) is 0 Å². The second-order valence-electron chi connectivity index (χ2n) is 9.76. The van der Waals surface area contributed by atoms with Crippen molar-refractivity contribution in [2.45, 2.75) is 53.5 Å². The Morgan fingerprint density at radius 2 is 1.85 bits per heavy atom. The number of nitrogens with one attached hydrogen (secondary N) is 2. The quantitative estimate of drug-likeness (QED) is 0.538. The average molecular weight is 452 g/mol. The van der Waals surface area contributed by atoms with Gasteiger partial charge in [-0.05, 0) is 54.5 Å². The van der Waals surface area contributed by atoms with Gasteiger partial charge in [0.05, 0.1) is 5.56 Å². The van der Waals surface area contributed by atoms with Crippen LogP contribution in [0.25, 0.3) is 0 Å². The first-order valence-corrected chi connectivity index (χ1v) is 11.9. The highest BCUT2D eigenvalue weighted by atomic mass is 16.5. The molecular formula is C27H37N3O3. The molecule has 3 rings (SSSR count). The van der Waals surface area contributed by atoms with E-state index < -0.39 is 0 Å². The van der Waals surface area contributed by atoms with E-state index >= 15 is 0 Å². The third-order valence-electron chi connectivity index (χ3n) is 5.64. The third kappa shape index (κ3) is 7.32. The Morgan fingerprint density at radius 3 is 2.58 bits per heavy atom. The van der Waals surface area contributed by atoms with Gasteiger partial charge in [0.25, 0.3) is 5.91 Å². The van der Waals surface area contributed by atoms with Gasteiger partial charge >= 0.3 is 0 Å². The number of fused-ring (bicyclic) bond motifs is 1. The molecule has 6 heteroatoms. The molecule has 1 aliphatic rings.